The molecule has 1 aromatic carbocycles. The van der Waals surface area contributed by atoms with Crippen molar-refractivity contribution in [2.24, 2.45) is 13.0 Å². The number of aromatic nitrogens is 3. The number of aryl methyl sites for hydroxylation is 1. The highest BCUT2D eigenvalue weighted by molar-refractivity contribution is 5.15. The third-order valence-electron chi connectivity index (χ3n) is 3.37. The molecule has 0 saturated carbocycles. The number of benzene rings is 1. The molecule has 0 bridgehead atoms. The van der Waals surface area contributed by atoms with E-state index in [1.54, 1.807) is 4.68 Å². The number of nitrogens with zero attached hydrogens (tertiary/aromatic N) is 3. The number of rotatable bonds is 8. The van der Waals surface area contributed by atoms with Gasteiger partial charge < -0.3 is 5.32 Å². The Kier molecular flexibility index (Phi) is 5.74. The Hall–Kier alpha value is -1.68. The van der Waals surface area contributed by atoms with Gasteiger partial charge in [0, 0.05) is 13.2 Å². The number of hydrogen-bond acceptors (Lipinski definition) is 3. The predicted octanol–water partition coefficient (Wildman–Crippen LogP) is 2.22. The summed E-state index contributed by atoms with van der Waals surface area (Å²) in [6.45, 7) is 4.30. The zero-order valence-corrected chi connectivity index (χ0v) is 12.4. The van der Waals surface area contributed by atoms with Gasteiger partial charge in [0.1, 0.15) is 0 Å². The molecular weight excluding hydrogens is 248 g/mol. The van der Waals surface area contributed by atoms with Crippen LogP contribution in [0.2, 0.25) is 0 Å². The Bertz CT molecular complexity index is 492. The van der Waals surface area contributed by atoms with E-state index in [0.29, 0.717) is 5.92 Å². The molecule has 0 spiro atoms. The monoisotopic (exact) mass is 272 g/mol. The van der Waals surface area contributed by atoms with Gasteiger partial charge in [-0.2, -0.15) is 0 Å². The van der Waals surface area contributed by atoms with Crippen LogP contribution in [-0.4, -0.2) is 28.1 Å². The summed E-state index contributed by atoms with van der Waals surface area (Å²) in [4.78, 5) is 0. The van der Waals surface area contributed by atoms with Gasteiger partial charge in [-0.1, -0.05) is 42.5 Å². The van der Waals surface area contributed by atoms with Crippen molar-refractivity contribution in [3.05, 3.63) is 47.8 Å². The van der Waals surface area contributed by atoms with Gasteiger partial charge in [0.2, 0.25) is 0 Å². The molecule has 20 heavy (non-hydrogen) atoms. The molecule has 4 heteroatoms. The topological polar surface area (TPSA) is 42.7 Å². The van der Waals surface area contributed by atoms with Crippen molar-refractivity contribution >= 4 is 0 Å². The molecule has 0 fully saturated rings. The maximum absolute atomic E-state index is 4.21. The molecule has 1 aromatic heterocycles. The highest BCUT2D eigenvalue weighted by atomic mass is 15.4. The average molecular weight is 272 g/mol. The molecule has 108 valence electrons. The second-order valence-electron chi connectivity index (χ2n) is 5.35. The molecule has 1 unspecified atom stereocenters. The molecule has 2 rings (SSSR count). The van der Waals surface area contributed by atoms with E-state index in [0.717, 1.165) is 31.6 Å². The maximum Gasteiger partial charge on any atom is 0.0830 e. The Morgan fingerprint density at radius 1 is 1.20 bits per heavy atom. The maximum atomic E-state index is 4.21. The van der Waals surface area contributed by atoms with E-state index in [9.17, 15) is 0 Å². The Morgan fingerprint density at radius 2 is 2.00 bits per heavy atom. The van der Waals surface area contributed by atoms with E-state index in [2.05, 4.69) is 52.9 Å². The van der Waals surface area contributed by atoms with Crippen molar-refractivity contribution < 1.29 is 0 Å². The van der Waals surface area contributed by atoms with Gasteiger partial charge in [-0.3, -0.25) is 4.68 Å². The zero-order chi connectivity index (χ0) is 14.2. The summed E-state index contributed by atoms with van der Waals surface area (Å²) in [7, 11) is 1.91. The van der Waals surface area contributed by atoms with Crippen molar-refractivity contribution in [3.63, 3.8) is 0 Å². The summed E-state index contributed by atoms with van der Waals surface area (Å²) in [5.41, 5.74) is 2.46. The molecule has 0 amide bonds. The summed E-state index contributed by atoms with van der Waals surface area (Å²) in [5.74, 6) is 0.556. The van der Waals surface area contributed by atoms with Gasteiger partial charge in [-0.25, -0.2) is 0 Å². The summed E-state index contributed by atoms with van der Waals surface area (Å²) in [5, 5.41) is 11.8. The average Bonchev–Trinajstić information content (AvgIpc) is 2.85. The van der Waals surface area contributed by atoms with Gasteiger partial charge in [-0.15, -0.1) is 5.10 Å². The molecule has 0 aliphatic carbocycles. The Morgan fingerprint density at radius 3 is 2.65 bits per heavy atom. The lowest BCUT2D eigenvalue weighted by atomic mass is 9.95. The molecule has 2 aromatic rings. The second kappa shape index (κ2) is 7.80. The minimum Gasteiger partial charge on any atom is -0.316 e. The highest BCUT2D eigenvalue weighted by Gasteiger charge is 2.12. The lowest BCUT2D eigenvalue weighted by Gasteiger charge is -2.16. The summed E-state index contributed by atoms with van der Waals surface area (Å²) in [6, 6.07) is 10.7. The Balaban J connectivity index is 1.96. The molecule has 1 heterocycles. The third kappa shape index (κ3) is 4.78. The van der Waals surface area contributed by atoms with Crippen LogP contribution in [0.4, 0.5) is 0 Å². The second-order valence-corrected chi connectivity index (χ2v) is 5.35. The fraction of sp³-hybridized carbons (Fsp3) is 0.500. The smallest absolute Gasteiger partial charge is 0.0830 e. The highest BCUT2D eigenvalue weighted by Crippen LogP contribution is 2.13. The van der Waals surface area contributed by atoms with E-state index >= 15 is 0 Å². The lowest BCUT2D eigenvalue weighted by Crippen LogP contribution is -2.26. The van der Waals surface area contributed by atoms with Crippen molar-refractivity contribution in [1.82, 2.24) is 20.3 Å². The Labute approximate surface area is 121 Å². The van der Waals surface area contributed by atoms with Gasteiger partial charge in [0.25, 0.3) is 0 Å². The third-order valence-corrected chi connectivity index (χ3v) is 3.37. The normalized spacial score (nSPS) is 12.5. The predicted molar refractivity (Wildman–Crippen MR) is 81.5 cm³/mol. The first-order valence-electron chi connectivity index (χ1n) is 7.37. The summed E-state index contributed by atoms with van der Waals surface area (Å²) >= 11 is 0. The van der Waals surface area contributed by atoms with E-state index in [4.69, 9.17) is 0 Å². The van der Waals surface area contributed by atoms with Crippen LogP contribution in [0.3, 0.4) is 0 Å². The minimum absolute atomic E-state index is 0.556. The molecule has 1 atom stereocenters. The van der Waals surface area contributed by atoms with Crippen LogP contribution in [0.1, 0.15) is 24.6 Å². The van der Waals surface area contributed by atoms with Gasteiger partial charge in [0.05, 0.1) is 5.69 Å². The summed E-state index contributed by atoms with van der Waals surface area (Å²) < 4.78 is 1.77. The molecule has 1 N–H and O–H groups in total. The molecule has 0 saturated heterocycles. The van der Waals surface area contributed by atoms with Crippen LogP contribution in [0.15, 0.2) is 36.5 Å². The lowest BCUT2D eigenvalue weighted by molar-refractivity contribution is 0.466. The quantitative estimate of drug-likeness (QED) is 0.749. The molecular formula is C16H24N4. The fourth-order valence-corrected chi connectivity index (χ4v) is 2.43. The zero-order valence-electron chi connectivity index (χ0n) is 12.4. The number of nitrogens with one attached hydrogen (secondary N) is 1. The number of hydrogen-bond donors (Lipinski definition) is 1. The van der Waals surface area contributed by atoms with Crippen LogP contribution < -0.4 is 5.32 Å². The SMILES string of the molecule is CCCNCC(Cc1ccccc1)Cc1cn(C)nn1. The standard InChI is InChI=1S/C16H24N4/c1-3-9-17-12-15(10-14-7-5-4-6-8-14)11-16-13-20(2)19-18-16/h4-8,13,15,17H,3,9-12H2,1-2H3. The van der Waals surface area contributed by atoms with Crippen LogP contribution in [0.5, 0.6) is 0 Å². The van der Waals surface area contributed by atoms with E-state index < -0.39 is 0 Å². The van der Waals surface area contributed by atoms with Crippen LogP contribution in [-0.2, 0) is 19.9 Å². The van der Waals surface area contributed by atoms with Crippen molar-refractivity contribution in [2.75, 3.05) is 13.1 Å². The van der Waals surface area contributed by atoms with Gasteiger partial charge in [-0.05, 0) is 43.8 Å². The van der Waals surface area contributed by atoms with Crippen LogP contribution in [0, 0.1) is 5.92 Å². The first-order chi connectivity index (χ1) is 9.78. The van der Waals surface area contributed by atoms with Gasteiger partial charge >= 0.3 is 0 Å². The first kappa shape index (κ1) is 14.7. The fourth-order valence-electron chi connectivity index (χ4n) is 2.43. The largest absolute Gasteiger partial charge is 0.316 e. The van der Waals surface area contributed by atoms with Crippen molar-refractivity contribution in [2.45, 2.75) is 26.2 Å². The molecule has 0 aliphatic rings. The molecule has 0 radical (unpaired) electrons. The van der Waals surface area contributed by atoms with E-state index in [-0.39, 0.29) is 0 Å². The minimum atomic E-state index is 0.556. The first-order valence-corrected chi connectivity index (χ1v) is 7.37. The molecule has 4 nitrogen and oxygen atoms in total. The van der Waals surface area contributed by atoms with Crippen LogP contribution >= 0.6 is 0 Å². The van der Waals surface area contributed by atoms with E-state index in [1.807, 2.05) is 13.2 Å². The van der Waals surface area contributed by atoms with Crippen molar-refractivity contribution in [1.29, 1.82) is 0 Å². The van der Waals surface area contributed by atoms with Crippen LogP contribution in [0.25, 0.3) is 0 Å². The summed E-state index contributed by atoms with van der Waals surface area (Å²) in [6.07, 6.45) is 5.23. The van der Waals surface area contributed by atoms with Gasteiger partial charge in [0.15, 0.2) is 0 Å². The molecule has 0 aliphatic heterocycles. The van der Waals surface area contributed by atoms with Crippen molar-refractivity contribution in [3.8, 4) is 0 Å². The van der Waals surface area contributed by atoms with E-state index in [1.165, 1.54) is 12.0 Å².